The molecule has 19 heavy (non-hydrogen) atoms. The SMILES string of the molecule is Cc1nn(C[C@H](O)CN2CCC(C)CC2)c(C)c1Br. The third-order valence-electron chi connectivity index (χ3n) is 4.02. The minimum Gasteiger partial charge on any atom is -0.390 e. The van der Waals surface area contributed by atoms with Crippen LogP contribution >= 0.6 is 15.9 Å². The number of aryl methyl sites for hydroxylation is 1. The monoisotopic (exact) mass is 329 g/mol. The predicted molar refractivity (Wildman–Crippen MR) is 80.2 cm³/mol. The molecule has 2 heterocycles. The maximum absolute atomic E-state index is 10.2. The number of rotatable bonds is 4. The Bertz CT molecular complexity index is 425. The van der Waals surface area contributed by atoms with Crippen molar-refractivity contribution in [1.82, 2.24) is 14.7 Å². The van der Waals surface area contributed by atoms with Gasteiger partial charge in [-0.2, -0.15) is 5.10 Å². The van der Waals surface area contributed by atoms with Crippen LogP contribution in [-0.2, 0) is 6.54 Å². The van der Waals surface area contributed by atoms with Crippen LogP contribution in [0.5, 0.6) is 0 Å². The Kier molecular flexibility index (Phi) is 5.03. The molecule has 1 N–H and O–H groups in total. The van der Waals surface area contributed by atoms with Crippen molar-refractivity contribution >= 4 is 15.9 Å². The van der Waals surface area contributed by atoms with Gasteiger partial charge in [-0.3, -0.25) is 4.68 Å². The van der Waals surface area contributed by atoms with Crippen LogP contribution in [-0.4, -0.2) is 45.5 Å². The minimum atomic E-state index is -0.349. The first-order chi connectivity index (χ1) is 8.97. The Morgan fingerprint density at radius 1 is 1.32 bits per heavy atom. The molecule has 0 aromatic carbocycles. The van der Waals surface area contributed by atoms with Crippen molar-refractivity contribution in [3.05, 3.63) is 15.9 Å². The van der Waals surface area contributed by atoms with E-state index in [9.17, 15) is 5.11 Å². The van der Waals surface area contributed by atoms with Gasteiger partial charge in [0.2, 0.25) is 0 Å². The van der Waals surface area contributed by atoms with Crippen molar-refractivity contribution in [1.29, 1.82) is 0 Å². The van der Waals surface area contributed by atoms with E-state index in [1.807, 2.05) is 18.5 Å². The average Bonchev–Trinajstić information content (AvgIpc) is 2.60. The van der Waals surface area contributed by atoms with E-state index in [4.69, 9.17) is 0 Å². The standard InChI is InChI=1S/C14H24BrN3O/c1-10-4-6-17(7-5-10)8-13(19)9-18-12(3)14(15)11(2)16-18/h10,13,19H,4-9H2,1-3H3/t13-/m1/s1. The predicted octanol–water partition coefficient (Wildman–Crippen LogP) is 2.36. The van der Waals surface area contributed by atoms with Gasteiger partial charge in [-0.15, -0.1) is 0 Å². The first-order valence-electron chi connectivity index (χ1n) is 7.07. The fourth-order valence-electron chi connectivity index (χ4n) is 2.65. The lowest BCUT2D eigenvalue weighted by atomic mass is 9.99. The molecule has 108 valence electrons. The highest BCUT2D eigenvalue weighted by Crippen LogP contribution is 2.20. The van der Waals surface area contributed by atoms with E-state index in [1.165, 1.54) is 12.8 Å². The number of aromatic nitrogens is 2. The zero-order valence-electron chi connectivity index (χ0n) is 12.1. The van der Waals surface area contributed by atoms with Gasteiger partial charge in [-0.25, -0.2) is 0 Å². The van der Waals surface area contributed by atoms with Crippen LogP contribution in [0.4, 0.5) is 0 Å². The van der Waals surface area contributed by atoms with Crippen molar-refractivity contribution < 1.29 is 5.11 Å². The summed E-state index contributed by atoms with van der Waals surface area (Å²) in [5, 5.41) is 14.7. The van der Waals surface area contributed by atoms with Crippen LogP contribution in [0.25, 0.3) is 0 Å². The summed E-state index contributed by atoms with van der Waals surface area (Å²) in [6, 6.07) is 0. The van der Waals surface area contributed by atoms with Crippen LogP contribution in [0.1, 0.15) is 31.2 Å². The minimum absolute atomic E-state index is 0.349. The molecule has 0 bridgehead atoms. The third-order valence-corrected chi connectivity index (χ3v) is 5.17. The maximum atomic E-state index is 10.2. The van der Waals surface area contributed by atoms with Crippen LogP contribution in [0, 0.1) is 19.8 Å². The topological polar surface area (TPSA) is 41.3 Å². The molecule has 1 saturated heterocycles. The Morgan fingerprint density at radius 2 is 1.95 bits per heavy atom. The van der Waals surface area contributed by atoms with Gasteiger partial charge in [-0.05, 0) is 61.6 Å². The molecule has 0 spiro atoms. The Labute approximate surface area is 123 Å². The van der Waals surface area contributed by atoms with E-state index < -0.39 is 0 Å². The van der Waals surface area contributed by atoms with Crippen molar-refractivity contribution in [2.24, 2.45) is 5.92 Å². The fraction of sp³-hybridized carbons (Fsp3) is 0.786. The van der Waals surface area contributed by atoms with Gasteiger partial charge in [0.15, 0.2) is 0 Å². The second-order valence-electron chi connectivity index (χ2n) is 5.80. The molecule has 0 radical (unpaired) electrons. The smallest absolute Gasteiger partial charge is 0.0862 e. The number of β-amino-alcohol motifs (C(OH)–C–C–N with tert-alkyl or cyclic N) is 1. The van der Waals surface area contributed by atoms with Crippen LogP contribution in [0.3, 0.4) is 0 Å². The summed E-state index contributed by atoms with van der Waals surface area (Å²) in [7, 11) is 0. The van der Waals surface area contributed by atoms with Crippen molar-refractivity contribution in [3.8, 4) is 0 Å². The van der Waals surface area contributed by atoms with Crippen LogP contribution in [0.15, 0.2) is 4.47 Å². The molecule has 5 heteroatoms. The summed E-state index contributed by atoms with van der Waals surface area (Å²) in [6.45, 7) is 9.86. The second-order valence-corrected chi connectivity index (χ2v) is 6.60. The molecular weight excluding hydrogens is 306 g/mol. The van der Waals surface area contributed by atoms with Gasteiger partial charge in [0.25, 0.3) is 0 Å². The molecule has 0 aliphatic carbocycles. The Hall–Kier alpha value is -0.390. The number of piperidine rings is 1. The molecular formula is C14H24BrN3O. The van der Waals surface area contributed by atoms with Crippen molar-refractivity contribution in [2.75, 3.05) is 19.6 Å². The quantitative estimate of drug-likeness (QED) is 0.921. The second kappa shape index (κ2) is 6.37. The largest absolute Gasteiger partial charge is 0.390 e. The zero-order valence-corrected chi connectivity index (χ0v) is 13.7. The average molecular weight is 330 g/mol. The molecule has 1 aromatic heterocycles. The van der Waals surface area contributed by atoms with E-state index in [2.05, 4.69) is 32.9 Å². The summed E-state index contributed by atoms with van der Waals surface area (Å²) in [5.74, 6) is 0.834. The Morgan fingerprint density at radius 3 is 2.47 bits per heavy atom. The molecule has 0 saturated carbocycles. The van der Waals surface area contributed by atoms with Crippen LogP contribution in [0.2, 0.25) is 0 Å². The molecule has 1 atom stereocenters. The summed E-state index contributed by atoms with van der Waals surface area (Å²) in [6.07, 6.45) is 2.15. The summed E-state index contributed by atoms with van der Waals surface area (Å²) >= 11 is 3.52. The highest BCUT2D eigenvalue weighted by atomic mass is 79.9. The summed E-state index contributed by atoms with van der Waals surface area (Å²) in [5.41, 5.74) is 2.07. The molecule has 0 amide bonds. The highest BCUT2D eigenvalue weighted by molar-refractivity contribution is 9.10. The van der Waals surface area contributed by atoms with Gasteiger partial charge in [0.1, 0.15) is 0 Å². The fourth-order valence-corrected chi connectivity index (χ4v) is 2.94. The van der Waals surface area contributed by atoms with E-state index in [0.717, 1.165) is 41.4 Å². The number of halogens is 1. The molecule has 1 aliphatic rings. The lowest BCUT2D eigenvalue weighted by Crippen LogP contribution is -2.39. The lowest BCUT2D eigenvalue weighted by molar-refractivity contribution is 0.0772. The zero-order chi connectivity index (χ0) is 14.0. The highest BCUT2D eigenvalue weighted by Gasteiger charge is 2.19. The number of likely N-dealkylation sites (tertiary alicyclic amines) is 1. The molecule has 1 aromatic rings. The first kappa shape index (κ1) is 15.0. The third kappa shape index (κ3) is 3.80. The lowest BCUT2D eigenvalue weighted by Gasteiger charge is -2.31. The molecule has 1 aliphatic heterocycles. The van der Waals surface area contributed by atoms with Crippen LogP contribution < -0.4 is 0 Å². The number of hydrogen-bond donors (Lipinski definition) is 1. The van der Waals surface area contributed by atoms with E-state index in [-0.39, 0.29) is 6.10 Å². The first-order valence-corrected chi connectivity index (χ1v) is 7.86. The van der Waals surface area contributed by atoms with Gasteiger partial charge >= 0.3 is 0 Å². The van der Waals surface area contributed by atoms with E-state index in [0.29, 0.717) is 6.54 Å². The van der Waals surface area contributed by atoms with Crippen molar-refractivity contribution in [2.45, 2.75) is 46.3 Å². The normalized spacial score (nSPS) is 19.8. The maximum Gasteiger partial charge on any atom is 0.0862 e. The van der Waals surface area contributed by atoms with Gasteiger partial charge in [0.05, 0.1) is 22.8 Å². The molecule has 2 rings (SSSR count). The molecule has 1 fully saturated rings. The number of aliphatic hydroxyl groups is 1. The van der Waals surface area contributed by atoms with Gasteiger partial charge in [0, 0.05) is 12.2 Å². The Balaban J connectivity index is 1.87. The number of nitrogens with zero attached hydrogens (tertiary/aromatic N) is 3. The van der Waals surface area contributed by atoms with Gasteiger partial charge < -0.3 is 10.0 Å². The number of hydrogen-bond acceptors (Lipinski definition) is 3. The molecule has 0 unspecified atom stereocenters. The van der Waals surface area contributed by atoms with Gasteiger partial charge in [-0.1, -0.05) is 6.92 Å². The summed E-state index contributed by atoms with van der Waals surface area (Å²) < 4.78 is 2.95. The van der Waals surface area contributed by atoms with Crippen molar-refractivity contribution in [3.63, 3.8) is 0 Å². The van der Waals surface area contributed by atoms with E-state index in [1.54, 1.807) is 0 Å². The van der Waals surface area contributed by atoms with E-state index >= 15 is 0 Å². The summed E-state index contributed by atoms with van der Waals surface area (Å²) in [4.78, 5) is 2.37. The number of aliphatic hydroxyl groups excluding tert-OH is 1. The molecule has 4 nitrogen and oxygen atoms in total.